The largest absolute Gasteiger partial charge is 0.392 e. The molecule has 7 heteroatoms. The van der Waals surface area contributed by atoms with Crippen LogP contribution < -0.4 is 10.6 Å². The van der Waals surface area contributed by atoms with Crippen molar-refractivity contribution in [1.82, 2.24) is 5.32 Å². The fourth-order valence-corrected chi connectivity index (χ4v) is 9.06. The average molecular weight is 585 g/mol. The SMILES string of the molecule is O=C(Nc1ccc([C@@H]2O[C@H](CSc3ccccc3)C[C@H](c3ccc(CO)cc3)O2)cc1)NC12CC3CC(CC(C3)C1)C2. The van der Waals surface area contributed by atoms with Crippen molar-refractivity contribution in [3.8, 4) is 0 Å². The molecule has 1 saturated heterocycles. The van der Waals surface area contributed by atoms with Gasteiger partial charge in [0.15, 0.2) is 6.29 Å². The first-order valence-electron chi connectivity index (χ1n) is 15.4. The molecule has 0 spiro atoms. The van der Waals surface area contributed by atoms with E-state index in [1.165, 1.54) is 24.2 Å². The van der Waals surface area contributed by atoms with Crippen LogP contribution in [0.3, 0.4) is 0 Å². The average Bonchev–Trinajstić information content (AvgIpc) is 3.00. The van der Waals surface area contributed by atoms with Crippen molar-refractivity contribution in [2.24, 2.45) is 17.8 Å². The summed E-state index contributed by atoms with van der Waals surface area (Å²) in [7, 11) is 0. The smallest absolute Gasteiger partial charge is 0.319 e. The van der Waals surface area contributed by atoms with E-state index in [9.17, 15) is 9.90 Å². The summed E-state index contributed by atoms with van der Waals surface area (Å²) in [4.78, 5) is 14.3. The highest BCUT2D eigenvalue weighted by atomic mass is 32.2. The van der Waals surface area contributed by atoms with Gasteiger partial charge in [0.05, 0.1) is 18.8 Å². The third-order valence-corrected chi connectivity index (χ3v) is 10.8. The van der Waals surface area contributed by atoms with Crippen molar-refractivity contribution >= 4 is 23.5 Å². The number of nitrogens with one attached hydrogen (secondary N) is 2. The number of amides is 2. The van der Waals surface area contributed by atoms with Crippen molar-refractivity contribution < 1.29 is 19.4 Å². The fraction of sp³-hybridized carbons (Fsp3) is 0.457. The Balaban J connectivity index is 1.02. The highest BCUT2D eigenvalue weighted by Crippen LogP contribution is 2.55. The number of carbonyl (C=O) groups is 1. The zero-order valence-corrected chi connectivity index (χ0v) is 24.7. The van der Waals surface area contributed by atoms with Crippen LogP contribution in [0.25, 0.3) is 0 Å². The quantitative estimate of drug-likeness (QED) is 0.238. The molecule has 0 unspecified atom stereocenters. The molecule has 6 nitrogen and oxygen atoms in total. The van der Waals surface area contributed by atoms with E-state index in [-0.39, 0.29) is 30.4 Å². The number of aliphatic hydroxyl groups is 1. The number of carbonyl (C=O) groups excluding carboxylic acids is 1. The molecule has 42 heavy (non-hydrogen) atoms. The van der Waals surface area contributed by atoms with E-state index in [0.717, 1.165) is 71.6 Å². The van der Waals surface area contributed by atoms with Gasteiger partial charge in [0.1, 0.15) is 0 Å². The topological polar surface area (TPSA) is 79.8 Å². The minimum atomic E-state index is -0.516. The Hall–Kier alpha value is -2.84. The molecule has 8 rings (SSSR count). The lowest BCUT2D eigenvalue weighted by Gasteiger charge is -2.56. The summed E-state index contributed by atoms with van der Waals surface area (Å²) in [5.41, 5.74) is 3.64. The summed E-state index contributed by atoms with van der Waals surface area (Å²) in [5.74, 6) is 3.19. The zero-order chi connectivity index (χ0) is 28.5. The number of urea groups is 1. The minimum Gasteiger partial charge on any atom is -0.392 e. The van der Waals surface area contributed by atoms with Gasteiger partial charge >= 0.3 is 6.03 Å². The summed E-state index contributed by atoms with van der Waals surface area (Å²) in [6.07, 6.45) is 7.58. The standard InChI is InChI=1S/C35H40N2O4S/c38-21-23-6-8-27(9-7-23)32-17-30(22-42-31-4-2-1-3-5-31)40-33(41-32)28-10-12-29(13-11-28)36-34(39)37-35-18-24-14-25(19-35)16-26(15-24)20-35/h1-13,24-26,30,32-33,38H,14-22H2,(H2,36,37,39)/t24?,25?,26?,30-,32+,33+,35?/m0/s1. The molecule has 4 aliphatic carbocycles. The molecule has 3 atom stereocenters. The van der Waals surface area contributed by atoms with Crippen LogP contribution in [0.4, 0.5) is 10.5 Å². The highest BCUT2D eigenvalue weighted by Gasteiger charge is 2.51. The van der Waals surface area contributed by atoms with E-state index >= 15 is 0 Å². The molecule has 2 amide bonds. The first-order valence-corrected chi connectivity index (χ1v) is 16.4. The molecule has 0 aromatic heterocycles. The molecule has 3 aromatic carbocycles. The van der Waals surface area contributed by atoms with Gasteiger partial charge in [-0.25, -0.2) is 4.79 Å². The molecule has 5 fully saturated rings. The predicted octanol–water partition coefficient (Wildman–Crippen LogP) is 7.61. The van der Waals surface area contributed by atoms with Gasteiger partial charge in [-0.3, -0.25) is 0 Å². The summed E-state index contributed by atoms with van der Waals surface area (Å²) in [5, 5.41) is 16.0. The molecule has 4 saturated carbocycles. The van der Waals surface area contributed by atoms with Crippen molar-refractivity contribution in [1.29, 1.82) is 0 Å². The zero-order valence-electron chi connectivity index (χ0n) is 23.9. The second-order valence-electron chi connectivity index (χ2n) is 12.9. The summed E-state index contributed by atoms with van der Waals surface area (Å²) >= 11 is 1.79. The molecule has 0 radical (unpaired) electrons. The molecule has 5 aliphatic rings. The van der Waals surface area contributed by atoms with Gasteiger partial charge in [-0.1, -0.05) is 54.6 Å². The van der Waals surface area contributed by atoms with Crippen LogP contribution in [0.2, 0.25) is 0 Å². The number of ether oxygens (including phenoxy) is 2. The summed E-state index contributed by atoms with van der Waals surface area (Å²) in [6, 6.07) is 26.1. The molecular formula is C35H40N2O4S. The lowest BCUT2D eigenvalue weighted by molar-refractivity contribution is -0.245. The molecular weight excluding hydrogens is 544 g/mol. The van der Waals surface area contributed by atoms with Crippen LogP contribution in [-0.2, 0) is 16.1 Å². The van der Waals surface area contributed by atoms with Gasteiger partial charge in [-0.15, -0.1) is 11.8 Å². The van der Waals surface area contributed by atoms with E-state index in [1.807, 2.05) is 54.6 Å². The van der Waals surface area contributed by atoms with Gasteiger partial charge in [0, 0.05) is 33.9 Å². The number of thioether (sulfide) groups is 1. The number of hydrogen-bond donors (Lipinski definition) is 3. The second kappa shape index (κ2) is 12.0. The van der Waals surface area contributed by atoms with E-state index in [0.29, 0.717) is 0 Å². The summed E-state index contributed by atoms with van der Waals surface area (Å²) < 4.78 is 13.0. The van der Waals surface area contributed by atoms with Crippen LogP contribution in [0.1, 0.15) is 74.0 Å². The maximum atomic E-state index is 13.1. The number of aliphatic hydroxyl groups excluding tert-OH is 1. The van der Waals surface area contributed by atoms with Crippen LogP contribution in [0, 0.1) is 17.8 Å². The van der Waals surface area contributed by atoms with E-state index in [2.05, 4.69) is 34.9 Å². The van der Waals surface area contributed by atoms with Crippen molar-refractivity contribution in [3.05, 3.63) is 95.6 Å². The van der Waals surface area contributed by atoms with E-state index in [1.54, 1.807) is 11.8 Å². The highest BCUT2D eigenvalue weighted by molar-refractivity contribution is 7.99. The molecule has 3 aromatic rings. The Labute approximate surface area is 252 Å². The van der Waals surface area contributed by atoms with Gasteiger partial charge in [-0.2, -0.15) is 0 Å². The summed E-state index contributed by atoms with van der Waals surface area (Å²) in [6.45, 7) is 0.0226. The van der Waals surface area contributed by atoms with Crippen molar-refractivity contribution in [2.75, 3.05) is 11.1 Å². The van der Waals surface area contributed by atoms with E-state index in [4.69, 9.17) is 9.47 Å². The lowest BCUT2D eigenvalue weighted by atomic mass is 9.53. The molecule has 1 aliphatic heterocycles. The number of benzene rings is 3. The van der Waals surface area contributed by atoms with E-state index < -0.39 is 6.29 Å². The Morgan fingerprint density at radius 2 is 1.45 bits per heavy atom. The fourth-order valence-electron chi connectivity index (χ4n) is 8.12. The van der Waals surface area contributed by atoms with Crippen LogP contribution >= 0.6 is 11.8 Å². The van der Waals surface area contributed by atoms with Crippen LogP contribution in [0.5, 0.6) is 0 Å². The third kappa shape index (κ3) is 6.25. The predicted molar refractivity (Wildman–Crippen MR) is 165 cm³/mol. The van der Waals surface area contributed by atoms with Gasteiger partial charge in [-0.05, 0) is 91.7 Å². The normalized spacial score (nSPS) is 31.5. The number of rotatable bonds is 8. The lowest BCUT2D eigenvalue weighted by Crippen LogP contribution is -2.60. The molecule has 220 valence electrons. The van der Waals surface area contributed by atoms with Gasteiger partial charge in [0.25, 0.3) is 0 Å². The maximum Gasteiger partial charge on any atom is 0.319 e. The molecule has 3 N–H and O–H groups in total. The maximum absolute atomic E-state index is 13.1. The Morgan fingerprint density at radius 1 is 0.810 bits per heavy atom. The molecule has 1 heterocycles. The minimum absolute atomic E-state index is 0.000310. The van der Waals surface area contributed by atoms with Gasteiger partial charge < -0.3 is 25.2 Å². The third-order valence-electron chi connectivity index (χ3n) is 9.65. The van der Waals surface area contributed by atoms with Crippen molar-refractivity contribution in [2.45, 2.75) is 80.5 Å². The first kappa shape index (κ1) is 28.0. The van der Waals surface area contributed by atoms with Crippen LogP contribution in [-0.4, -0.2) is 28.5 Å². The van der Waals surface area contributed by atoms with Crippen molar-refractivity contribution in [3.63, 3.8) is 0 Å². The monoisotopic (exact) mass is 584 g/mol. The number of anilines is 1. The van der Waals surface area contributed by atoms with Crippen LogP contribution in [0.15, 0.2) is 83.8 Å². The Morgan fingerprint density at radius 3 is 2.10 bits per heavy atom. The second-order valence-corrected chi connectivity index (χ2v) is 14.0. The number of hydrogen-bond acceptors (Lipinski definition) is 5. The Bertz CT molecular complexity index is 1330. The first-order chi connectivity index (χ1) is 20.5. The Kier molecular flexibility index (Phi) is 8.01. The van der Waals surface area contributed by atoms with Gasteiger partial charge in [0.2, 0.25) is 0 Å². The molecule has 4 bridgehead atoms.